The normalized spacial score (nSPS) is 12.4. The molecule has 96 valence electrons. The fourth-order valence-electron chi connectivity index (χ4n) is 1.63. The predicted molar refractivity (Wildman–Crippen MR) is 80.1 cm³/mol. The molecule has 2 nitrogen and oxygen atoms in total. The Morgan fingerprint density at radius 1 is 1.18 bits per heavy atom. The van der Waals surface area contributed by atoms with Crippen LogP contribution in [-0.2, 0) is 4.74 Å². The van der Waals surface area contributed by atoms with Gasteiger partial charge in [-0.2, -0.15) is 0 Å². The lowest BCUT2D eigenvalue weighted by Gasteiger charge is -2.16. The first-order valence-electron chi connectivity index (χ1n) is 6.13. The first-order valence-corrected chi connectivity index (χ1v) is 7.65. The molecule has 17 heavy (non-hydrogen) atoms. The third-order valence-corrected chi connectivity index (χ3v) is 3.49. The van der Waals surface area contributed by atoms with Crippen LogP contribution in [0.3, 0.4) is 0 Å². The molecule has 0 radical (unpaired) electrons. The zero-order valence-electron chi connectivity index (χ0n) is 10.6. The van der Waals surface area contributed by atoms with Crippen LogP contribution in [0.15, 0.2) is 24.3 Å². The van der Waals surface area contributed by atoms with Crippen LogP contribution in [0.2, 0.25) is 0 Å². The zero-order chi connectivity index (χ0) is 12.5. The maximum Gasteiger partial charge on any atom is 0.118 e. The van der Waals surface area contributed by atoms with Gasteiger partial charge in [0.05, 0.1) is 13.2 Å². The van der Waals surface area contributed by atoms with E-state index in [9.17, 15) is 0 Å². The van der Waals surface area contributed by atoms with E-state index in [1.807, 2.05) is 12.1 Å². The van der Waals surface area contributed by atoms with E-state index in [0.717, 1.165) is 23.2 Å². The number of unbranched alkanes of at least 4 members (excludes halogenated alkanes) is 2. The van der Waals surface area contributed by atoms with E-state index in [1.54, 1.807) is 7.11 Å². The summed E-state index contributed by atoms with van der Waals surface area (Å²) in [6.07, 6.45) is 3.84. The summed E-state index contributed by atoms with van der Waals surface area (Å²) in [6, 6.07) is 8.15. The standard InChI is InChI=1S/C14H21IO2/c1-3-4-5-10-17-14(11-15)12-6-8-13(16-2)9-7-12/h6-9,14H,3-5,10-11H2,1-2H3. The van der Waals surface area contributed by atoms with Crippen molar-refractivity contribution in [3.63, 3.8) is 0 Å². The van der Waals surface area contributed by atoms with Crippen molar-refractivity contribution in [2.45, 2.75) is 32.3 Å². The van der Waals surface area contributed by atoms with Crippen LogP contribution in [0.1, 0.15) is 37.9 Å². The summed E-state index contributed by atoms with van der Waals surface area (Å²) in [7, 11) is 1.69. The fourth-order valence-corrected chi connectivity index (χ4v) is 2.39. The molecule has 3 heteroatoms. The third-order valence-electron chi connectivity index (χ3n) is 2.69. The molecule has 1 rings (SSSR count). The average Bonchev–Trinajstić information content (AvgIpc) is 2.39. The van der Waals surface area contributed by atoms with Gasteiger partial charge in [0.25, 0.3) is 0 Å². The Morgan fingerprint density at radius 3 is 2.41 bits per heavy atom. The van der Waals surface area contributed by atoms with Gasteiger partial charge < -0.3 is 9.47 Å². The van der Waals surface area contributed by atoms with Crippen LogP contribution < -0.4 is 4.74 Å². The van der Waals surface area contributed by atoms with Gasteiger partial charge in [-0.05, 0) is 24.1 Å². The van der Waals surface area contributed by atoms with Gasteiger partial charge in [0.1, 0.15) is 5.75 Å². The van der Waals surface area contributed by atoms with Crippen LogP contribution in [0.4, 0.5) is 0 Å². The minimum atomic E-state index is 0.207. The number of benzene rings is 1. The van der Waals surface area contributed by atoms with Crippen LogP contribution in [0.25, 0.3) is 0 Å². The van der Waals surface area contributed by atoms with Crippen LogP contribution in [-0.4, -0.2) is 18.1 Å². The van der Waals surface area contributed by atoms with Crippen molar-refractivity contribution in [2.24, 2.45) is 0 Å². The summed E-state index contributed by atoms with van der Waals surface area (Å²) in [5.41, 5.74) is 1.23. The number of halogens is 1. The molecule has 0 aliphatic heterocycles. The first-order chi connectivity index (χ1) is 8.31. The van der Waals surface area contributed by atoms with Crippen molar-refractivity contribution < 1.29 is 9.47 Å². The second kappa shape index (κ2) is 8.75. The number of rotatable bonds is 8. The number of alkyl halides is 1. The Labute approximate surface area is 118 Å². The monoisotopic (exact) mass is 348 g/mol. The predicted octanol–water partition coefficient (Wildman–Crippen LogP) is 4.38. The lowest BCUT2D eigenvalue weighted by atomic mass is 10.1. The molecule has 1 aromatic rings. The molecule has 0 aromatic heterocycles. The van der Waals surface area contributed by atoms with Crippen LogP contribution >= 0.6 is 22.6 Å². The van der Waals surface area contributed by atoms with E-state index in [4.69, 9.17) is 9.47 Å². The van der Waals surface area contributed by atoms with Gasteiger partial charge in [0.15, 0.2) is 0 Å². The van der Waals surface area contributed by atoms with Crippen LogP contribution in [0.5, 0.6) is 5.75 Å². The second-order valence-corrected chi connectivity index (χ2v) is 4.87. The van der Waals surface area contributed by atoms with Gasteiger partial charge in [0, 0.05) is 11.0 Å². The third kappa shape index (κ3) is 5.25. The molecule has 0 aliphatic rings. The van der Waals surface area contributed by atoms with E-state index in [2.05, 4.69) is 41.6 Å². The van der Waals surface area contributed by atoms with Crippen molar-refractivity contribution in [1.82, 2.24) is 0 Å². The van der Waals surface area contributed by atoms with Crippen LogP contribution in [0, 0.1) is 0 Å². The molecule has 1 unspecified atom stereocenters. The zero-order valence-corrected chi connectivity index (χ0v) is 12.8. The van der Waals surface area contributed by atoms with E-state index in [1.165, 1.54) is 18.4 Å². The molecule has 0 spiro atoms. The van der Waals surface area contributed by atoms with Gasteiger partial charge in [0.2, 0.25) is 0 Å². The molecule has 0 heterocycles. The highest BCUT2D eigenvalue weighted by Gasteiger charge is 2.10. The van der Waals surface area contributed by atoms with Crippen molar-refractivity contribution in [2.75, 3.05) is 18.1 Å². The summed E-state index contributed by atoms with van der Waals surface area (Å²) in [6.45, 7) is 3.06. The number of hydrogen-bond donors (Lipinski definition) is 0. The Hall–Kier alpha value is -0.290. The molecular weight excluding hydrogens is 327 g/mol. The maximum absolute atomic E-state index is 5.90. The van der Waals surface area contributed by atoms with E-state index in [-0.39, 0.29) is 6.10 Å². The number of ether oxygens (including phenoxy) is 2. The highest BCUT2D eigenvalue weighted by Crippen LogP contribution is 2.22. The van der Waals surface area contributed by atoms with Gasteiger partial charge in [-0.1, -0.05) is 54.5 Å². The molecular formula is C14H21IO2. The Kier molecular flexibility index (Phi) is 7.60. The lowest BCUT2D eigenvalue weighted by molar-refractivity contribution is 0.0681. The number of methoxy groups -OCH3 is 1. The maximum atomic E-state index is 5.90. The smallest absolute Gasteiger partial charge is 0.118 e. The van der Waals surface area contributed by atoms with Crippen molar-refractivity contribution in [3.8, 4) is 5.75 Å². The summed E-state index contributed by atoms with van der Waals surface area (Å²) >= 11 is 2.38. The molecule has 0 amide bonds. The van der Waals surface area contributed by atoms with Gasteiger partial charge >= 0.3 is 0 Å². The molecule has 0 fully saturated rings. The van der Waals surface area contributed by atoms with E-state index >= 15 is 0 Å². The quantitative estimate of drug-likeness (QED) is 0.394. The highest BCUT2D eigenvalue weighted by atomic mass is 127. The van der Waals surface area contributed by atoms with Crippen molar-refractivity contribution >= 4 is 22.6 Å². The topological polar surface area (TPSA) is 18.5 Å². The molecule has 0 saturated carbocycles. The second-order valence-electron chi connectivity index (χ2n) is 3.99. The minimum absolute atomic E-state index is 0.207. The Balaban J connectivity index is 2.47. The van der Waals surface area contributed by atoms with Gasteiger partial charge in [-0.15, -0.1) is 0 Å². The van der Waals surface area contributed by atoms with Gasteiger partial charge in [-0.3, -0.25) is 0 Å². The van der Waals surface area contributed by atoms with Crippen molar-refractivity contribution in [3.05, 3.63) is 29.8 Å². The summed E-state index contributed by atoms with van der Waals surface area (Å²) < 4.78 is 12.0. The SMILES string of the molecule is CCCCCOC(CI)c1ccc(OC)cc1. The Bertz CT molecular complexity index is 298. The fraction of sp³-hybridized carbons (Fsp3) is 0.571. The van der Waals surface area contributed by atoms with Crippen molar-refractivity contribution in [1.29, 1.82) is 0 Å². The molecule has 0 bridgehead atoms. The summed E-state index contributed by atoms with van der Waals surface area (Å²) in [4.78, 5) is 0. The van der Waals surface area contributed by atoms with E-state index < -0.39 is 0 Å². The largest absolute Gasteiger partial charge is 0.497 e. The molecule has 1 aromatic carbocycles. The van der Waals surface area contributed by atoms with Gasteiger partial charge in [-0.25, -0.2) is 0 Å². The lowest BCUT2D eigenvalue weighted by Crippen LogP contribution is -2.07. The Morgan fingerprint density at radius 2 is 1.88 bits per heavy atom. The first kappa shape index (κ1) is 14.8. The number of hydrogen-bond acceptors (Lipinski definition) is 2. The molecule has 0 saturated heterocycles. The highest BCUT2D eigenvalue weighted by molar-refractivity contribution is 14.1. The summed E-state index contributed by atoms with van der Waals surface area (Å²) in [5.74, 6) is 0.895. The summed E-state index contributed by atoms with van der Waals surface area (Å²) in [5, 5.41) is 0. The molecule has 0 aliphatic carbocycles. The average molecular weight is 348 g/mol. The minimum Gasteiger partial charge on any atom is -0.497 e. The molecule has 1 atom stereocenters. The molecule has 0 N–H and O–H groups in total. The van der Waals surface area contributed by atoms with E-state index in [0.29, 0.717) is 0 Å².